The normalized spacial score (nSPS) is 13.4. The molecule has 6 heterocycles. The summed E-state index contributed by atoms with van der Waals surface area (Å²) in [5, 5.41) is 4.92. The van der Waals surface area contributed by atoms with Gasteiger partial charge in [0.2, 0.25) is 11.3 Å². The van der Waals surface area contributed by atoms with Crippen LogP contribution in [-0.4, -0.2) is 220 Å². The smallest absolute Gasteiger partial charge is 0.287 e. The van der Waals surface area contributed by atoms with E-state index in [1.165, 1.54) is 0 Å². The van der Waals surface area contributed by atoms with Gasteiger partial charge in [0.05, 0.1) is 185 Å². The zero-order valence-electron chi connectivity index (χ0n) is 82.5. The molecule has 6 aromatic rings. The zero-order chi connectivity index (χ0) is 93.4. The standard InChI is InChI=1S/C99H153Cl4N12O9S4/c1-28-110(29-2)43-54-125-88-68(59-116-58-67(23)24)69-74(83(77(88)100)119-49-38-62(13)14)98-109-99-76-75(84(120-50-39-63(15)16)80(103)91(87(76)123-53-42-66(21)22)128-57-46-115(27,34-7)35-8)97-108-95-73-70(81(117-47-36-60(9)10)78(101)90(86(73)122-52-41-65(19)20)127-56-45-114(26,32-5)33-6)92(105-95)104-93-72-71(94(106-93)107-96(69)111(98)124-112(97)99)82(118-48-37-61(11)12)79(102)89(85(72)121-51-40-64(17)18)126-55-44-113(25,30-3)31-4/h60-67H,28-59H2,1-27H3/q+3/p+1. The van der Waals surface area contributed by atoms with Gasteiger partial charge in [0, 0.05) is 46.6 Å². The molecule has 4 aliphatic heterocycles. The van der Waals surface area contributed by atoms with E-state index in [4.69, 9.17) is 114 Å². The lowest BCUT2D eigenvalue weighted by Crippen LogP contribution is -2.45. The van der Waals surface area contributed by atoms with E-state index in [9.17, 15) is 0 Å². The predicted molar refractivity (Wildman–Crippen MR) is 541 cm³/mol. The maximum Gasteiger partial charge on any atom is 0.287 e. The highest BCUT2D eigenvalue weighted by Crippen LogP contribution is 2.58. The van der Waals surface area contributed by atoms with Crippen molar-refractivity contribution in [2.75, 3.05) is 176 Å². The number of H-pyrrole nitrogens is 1. The van der Waals surface area contributed by atoms with Crippen LogP contribution >= 0.6 is 93.5 Å². The van der Waals surface area contributed by atoms with E-state index in [-0.39, 0.29) is 71.4 Å². The molecule has 0 fully saturated rings. The van der Waals surface area contributed by atoms with Gasteiger partial charge in [0.1, 0.15) is 48.6 Å². The second-order valence-corrected chi connectivity index (χ2v) is 44.8. The van der Waals surface area contributed by atoms with E-state index in [0.29, 0.717) is 237 Å². The van der Waals surface area contributed by atoms with E-state index in [1.807, 2.05) is 0 Å². The van der Waals surface area contributed by atoms with Crippen molar-refractivity contribution in [2.24, 2.45) is 67.3 Å². The van der Waals surface area contributed by atoms with Gasteiger partial charge >= 0.3 is 0 Å². The third kappa shape index (κ3) is 25.0. The highest BCUT2D eigenvalue weighted by molar-refractivity contribution is 8.00. The molecule has 0 atom stereocenters. The average Bonchev–Trinajstić information content (AvgIpc) is 1.53. The minimum absolute atomic E-state index is 0.121. The highest BCUT2D eigenvalue weighted by Gasteiger charge is 2.44. The van der Waals surface area contributed by atoms with E-state index in [1.54, 1.807) is 56.4 Å². The van der Waals surface area contributed by atoms with Gasteiger partial charge in [-0.25, -0.2) is 9.98 Å². The summed E-state index contributed by atoms with van der Waals surface area (Å²) in [6, 6.07) is 0. The molecule has 0 amide bonds. The summed E-state index contributed by atoms with van der Waals surface area (Å²) in [6.45, 7) is 66.8. The number of nitrogens with one attached hydrogen (secondary N) is 1. The molecule has 1 N–H and O–H groups in total. The molecule has 0 radical (unpaired) electrons. The minimum Gasteiger partial charge on any atom is -0.492 e. The van der Waals surface area contributed by atoms with Crippen molar-refractivity contribution in [3.63, 3.8) is 0 Å². The van der Waals surface area contributed by atoms with Crippen LogP contribution in [-0.2, 0) is 11.3 Å². The SMILES string of the molecule is CCN(CC)CCSc1c(Cl)c(OCCC(C)C)c2c3nc4c5c(OCCC(C)C)c(SCC[N+](C)(CC)CC)c(Cl)c(OCCC(C)C)c5c5n4o[n+]-3c(c2c1COCC(C)C)N=c1[nH]c(c2c(OCCC(C)C)c(SCC[N+](C)(CC)CC)c(Cl)c(OCCC(C)C)c12)=NC1=NC(=N5)c2c(OCCC(C)C)c(SCC[N+](C)(CC)CC)c(Cl)c(OCCC(C)C)c21. The molecule has 712 valence electrons. The molecule has 6 bridgehead atoms. The van der Waals surface area contributed by atoms with Crippen LogP contribution in [0.4, 0.5) is 11.6 Å². The van der Waals surface area contributed by atoms with Crippen molar-refractivity contribution in [3.8, 4) is 46.1 Å². The van der Waals surface area contributed by atoms with Crippen LogP contribution in [0.2, 0.25) is 20.1 Å². The summed E-state index contributed by atoms with van der Waals surface area (Å²) in [7, 11) is 6.94. The van der Waals surface area contributed by atoms with Crippen LogP contribution in [0, 0.1) is 47.3 Å². The molecule has 2 aromatic heterocycles. The molecule has 0 saturated heterocycles. The van der Waals surface area contributed by atoms with E-state index in [0.717, 1.165) is 133 Å². The number of quaternary nitrogens is 3. The Morgan fingerprint density at radius 2 is 0.758 bits per heavy atom. The first kappa shape index (κ1) is 105. The second kappa shape index (κ2) is 48.0. The number of thioether (sulfide) groups is 4. The van der Waals surface area contributed by atoms with Crippen LogP contribution in [0.1, 0.15) is 228 Å². The molecule has 0 aliphatic carbocycles. The number of aliphatic imine (C=N–C) groups is 2. The van der Waals surface area contributed by atoms with Crippen LogP contribution in [0.5, 0.6) is 40.2 Å². The average molecular weight is 1930 g/mol. The Labute approximate surface area is 802 Å². The van der Waals surface area contributed by atoms with Gasteiger partial charge in [-0.05, 0) is 156 Å². The van der Waals surface area contributed by atoms with Gasteiger partial charge in [-0.15, -0.1) is 52.0 Å². The van der Waals surface area contributed by atoms with Gasteiger partial charge in [-0.2, -0.15) is 9.62 Å². The molecular formula is C99H154Cl4N12O9S4+4. The van der Waals surface area contributed by atoms with E-state index < -0.39 is 0 Å². The van der Waals surface area contributed by atoms with Crippen molar-refractivity contribution >= 4 is 155 Å². The zero-order valence-corrected chi connectivity index (χ0v) is 88.8. The first-order valence-electron chi connectivity index (χ1n) is 47.9. The van der Waals surface area contributed by atoms with E-state index >= 15 is 0 Å². The van der Waals surface area contributed by atoms with Crippen molar-refractivity contribution in [3.05, 3.63) is 47.8 Å². The summed E-state index contributed by atoms with van der Waals surface area (Å²) in [5.74, 6) is 9.36. The third-order valence-electron chi connectivity index (χ3n) is 25.5. The minimum atomic E-state index is 0.121. The molecule has 0 spiro atoms. The Morgan fingerprint density at radius 3 is 1.20 bits per heavy atom. The van der Waals surface area contributed by atoms with E-state index in [2.05, 4.69) is 197 Å². The Hall–Kier alpha value is -5.00. The van der Waals surface area contributed by atoms with Crippen LogP contribution in [0.25, 0.3) is 43.8 Å². The molecule has 10 rings (SSSR count). The number of hydrogen-bond acceptors (Lipinski definition) is 19. The summed E-state index contributed by atoms with van der Waals surface area (Å²) < 4.78 is 73.4. The van der Waals surface area contributed by atoms with Crippen LogP contribution < -0.4 is 48.9 Å². The maximum atomic E-state index is 8.39. The largest absolute Gasteiger partial charge is 0.492 e. The lowest BCUT2D eigenvalue weighted by atomic mass is 10.0. The number of aromatic amines is 1. The topological polar surface area (TPSA) is 177 Å². The fraction of sp³-hybridized carbons (Fsp3) is 0.677. The monoisotopic (exact) mass is 1920 g/mol. The number of aromatic nitrogens is 4. The summed E-state index contributed by atoms with van der Waals surface area (Å²) in [6.07, 6.45) is 5.03. The number of hydrogen-bond donors (Lipinski definition) is 1. The van der Waals surface area contributed by atoms with Gasteiger partial charge in [0.15, 0.2) is 34.7 Å². The highest BCUT2D eigenvalue weighted by atomic mass is 35.5. The van der Waals surface area contributed by atoms with Gasteiger partial charge in [-0.3, -0.25) is 0 Å². The molecular weight excluding hydrogens is 1770 g/mol. The molecule has 4 aromatic carbocycles. The number of nitrogens with zero attached hydrogens (tertiary/aromatic N) is 11. The first-order chi connectivity index (χ1) is 61.0. The predicted octanol–water partition coefficient (Wildman–Crippen LogP) is 24.8. The molecule has 0 saturated carbocycles. The summed E-state index contributed by atoms with van der Waals surface area (Å²) >= 11 is 40.2. The number of rotatable bonds is 56. The maximum absolute atomic E-state index is 8.39. The van der Waals surface area contributed by atoms with Crippen molar-refractivity contribution < 1.29 is 60.7 Å². The number of ether oxygens (including phenoxy) is 8. The Morgan fingerprint density at radius 1 is 0.398 bits per heavy atom. The lowest BCUT2D eigenvalue weighted by Gasteiger charge is -2.32. The molecule has 4 aliphatic rings. The Kier molecular flexibility index (Phi) is 39.4. The van der Waals surface area contributed by atoms with Crippen molar-refractivity contribution in [1.29, 1.82) is 0 Å². The van der Waals surface area contributed by atoms with Crippen molar-refractivity contribution in [2.45, 2.75) is 237 Å². The van der Waals surface area contributed by atoms with Crippen molar-refractivity contribution in [1.82, 2.24) is 19.4 Å². The van der Waals surface area contributed by atoms with Crippen LogP contribution in [0.3, 0.4) is 0 Å². The van der Waals surface area contributed by atoms with Gasteiger partial charge in [-0.1, -0.05) is 176 Å². The number of benzene rings is 4. The molecule has 21 nitrogen and oxygen atoms in total. The number of halogens is 4. The second-order valence-electron chi connectivity index (χ2n) is 38.8. The molecule has 0 unspecified atom stereocenters. The lowest BCUT2D eigenvalue weighted by molar-refractivity contribution is -0.903. The Balaban J connectivity index is 1.61. The third-order valence-corrected chi connectivity index (χ3v) is 31.7. The number of fused-ring (bicyclic) bond motifs is 15. The summed E-state index contributed by atoms with van der Waals surface area (Å²) in [4.78, 5) is 39.8. The van der Waals surface area contributed by atoms with Crippen LogP contribution in [0.15, 0.2) is 44.2 Å². The fourth-order valence-corrected chi connectivity index (χ4v) is 21.7. The first-order valence-corrected chi connectivity index (χ1v) is 53.4. The molecule has 29 heteroatoms. The molecule has 128 heavy (non-hydrogen) atoms. The fourth-order valence-electron chi connectivity index (χ4n) is 15.2. The van der Waals surface area contributed by atoms with Gasteiger partial charge < -0.3 is 61.2 Å². The summed E-state index contributed by atoms with van der Waals surface area (Å²) in [5.41, 5.74) is 2.80. The quantitative estimate of drug-likeness (QED) is 0.0216. The Bertz CT molecular complexity index is 5220. The number of amidine groups is 2. The van der Waals surface area contributed by atoms with Gasteiger partial charge in [0.25, 0.3) is 17.3 Å².